The van der Waals surface area contributed by atoms with Crippen molar-refractivity contribution in [2.75, 3.05) is 13.6 Å². The zero-order valence-electron chi connectivity index (χ0n) is 15.8. The molecule has 1 unspecified atom stereocenters. The van der Waals surface area contributed by atoms with Gasteiger partial charge < -0.3 is 15.7 Å². The van der Waals surface area contributed by atoms with Gasteiger partial charge in [-0.1, -0.05) is 43.3 Å². The average molecular weight is 354 g/mol. The van der Waals surface area contributed by atoms with Gasteiger partial charge in [0.1, 0.15) is 5.75 Å². The van der Waals surface area contributed by atoms with Crippen molar-refractivity contribution in [3.63, 3.8) is 0 Å². The minimum absolute atomic E-state index is 0.0804. The molecule has 0 spiro atoms. The Morgan fingerprint density at radius 1 is 1.12 bits per heavy atom. The first-order valence-electron chi connectivity index (χ1n) is 9.40. The van der Waals surface area contributed by atoms with Crippen LogP contribution in [-0.4, -0.2) is 24.6 Å². The predicted octanol–water partition coefficient (Wildman–Crippen LogP) is 3.74. The molecule has 1 atom stereocenters. The number of hydrogen-bond donors (Lipinski definition) is 3. The number of aryl methyl sites for hydroxylation is 1. The molecular formula is C22H30N2O2. The molecule has 2 aromatic carbocycles. The van der Waals surface area contributed by atoms with Gasteiger partial charge in [0, 0.05) is 19.5 Å². The van der Waals surface area contributed by atoms with Crippen molar-refractivity contribution in [1.29, 1.82) is 0 Å². The van der Waals surface area contributed by atoms with E-state index in [4.69, 9.17) is 0 Å². The minimum atomic E-state index is 0.0804. The van der Waals surface area contributed by atoms with Gasteiger partial charge >= 0.3 is 0 Å². The molecule has 2 rings (SSSR count). The van der Waals surface area contributed by atoms with Gasteiger partial charge in [-0.3, -0.25) is 4.79 Å². The van der Waals surface area contributed by atoms with Crippen LogP contribution >= 0.6 is 0 Å². The Kier molecular flexibility index (Phi) is 8.16. The largest absolute Gasteiger partial charge is 0.508 e. The lowest BCUT2D eigenvalue weighted by Gasteiger charge is -2.17. The van der Waals surface area contributed by atoms with Crippen LogP contribution in [0.25, 0.3) is 0 Å². The molecule has 0 aliphatic rings. The average Bonchev–Trinajstić information content (AvgIpc) is 2.65. The van der Waals surface area contributed by atoms with Crippen molar-refractivity contribution in [3.8, 4) is 5.75 Å². The standard InChI is InChI=1S/C22H30N2O2/c1-3-19(20-6-4-5-18(15-20)16-23-2)13-14-24-22(26)12-9-17-7-10-21(25)11-8-17/h4-8,10-11,15,19,23,25H,3,9,12-14,16H2,1-2H3,(H,24,26). The Morgan fingerprint density at radius 3 is 2.58 bits per heavy atom. The molecule has 0 heterocycles. The molecule has 0 saturated heterocycles. The number of carbonyl (C=O) groups excluding carboxylic acids is 1. The molecule has 0 aliphatic heterocycles. The quantitative estimate of drug-likeness (QED) is 0.609. The van der Waals surface area contributed by atoms with Crippen LogP contribution in [0.4, 0.5) is 0 Å². The number of amides is 1. The highest BCUT2D eigenvalue weighted by Gasteiger charge is 2.11. The maximum Gasteiger partial charge on any atom is 0.220 e. The Balaban J connectivity index is 1.76. The van der Waals surface area contributed by atoms with E-state index in [1.54, 1.807) is 12.1 Å². The van der Waals surface area contributed by atoms with E-state index < -0.39 is 0 Å². The van der Waals surface area contributed by atoms with Crippen molar-refractivity contribution in [2.45, 2.75) is 45.1 Å². The number of phenols is 1. The summed E-state index contributed by atoms with van der Waals surface area (Å²) >= 11 is 0. The second-order valence-corrected chi connectivity index (χ2v) is 6.69. The SMILES string of the molecule is CCC(CCNC(=O)CCc1ccc(O)cc1)c1cccc(CNC)c1. The fourth-order valence-corrected chi connectivity index (χ4v) is 3.16. The molecule has 140 valence electrons. The predicted molar refractivity (Wildman–Crippen MR) is 106 cm³/mol. The lowest BCUT2D eigenvalue weighted by molar-refractivity contribution is -0.121. The lowest BCUT2D eigenvalue weighted by atomic mass is 9.92. The van der Waals surface area contributed by atoms with Crippen LogP contribution in [0.15, 0.2) is 48.5 Å². The normalized spacial score (nSPS) is 11.9. The fraction of sp³-hybridized carbons (Fsp3) is 0.409. The second-order valence-electron chi connectivity index (χ2n) is 6.69. The summed E-state index contributed by atoms with van der Waals surface area (Å²) in [6.07, 6.45) is 3.17. The van der Waals surface area contributed by atoms with Gasteiger partial charge in [-0.2, -0.15) is 0 Å². The third kappa shape index (κ3) is 6.52. The van der Waals surface area contributed by atoms with Gasteiger partial charge in [0.05, 0.1) is 0 Å². The molecule has 0 bridgehead atoms. The van der Waals surface area contributed by atoms with Crippen LogP contribution in [0.2, 0.25) is 0 Å². The molecule has 0 radical (unpaired) electrons. The van der Waals surface area contributed by atoms with Crippen molar-refractivity contribution < 1.29 is 9.90 Å². The van der Waals surface area contributed by atoms with E-state index in [-0.39, 0.29) is 11.7 Å². The minimum Gasteiger partial charge on any atom is -0.508 e. The number of phenolic OH excluding ortho intramolecular Hbond substituents is 1. The summed E-state index contributed by atoms with van der Waals surface area (Å²) < 4.78 is 0. The monoisotopic (exact) mass is 354 g/mol. The molecular weight excluding hydrogens is 324 g/mol. The highest BCUT2D eigenvalue weighted by Crippen LogP contribution is 2.23. The first-order valence-corrected chi connectivity index (χ1v) is 9.40. The Labute approximate surface area is 156 Å². The van der Waals surface area contributed by atoms with Gasteiger partial charge in [0.25, 0.3) is 0 Å². The van der Waals surface area contributed by atoms with E-state index in [0.29, 0.717) is 25.3 Å². The molecule has 2 aromatic rings. The number of carbonyl (C=O) groups is 1. The van der Waals surface area contributed by atoms with Crippen LogP contribution in [-0.2, 0) is 17.8 Å². The summed E-state index contributed by atoms with van der Waals surface area (Å²) in [5, 5.41) is 15.5. The number of hydrogen-bond acceptors (Lipinski definition) is 3. The van der Waals surface area contributed by atoms with Crippen LogP contribution in [0, 0.1) is 0 Å². The molecule has 0 aromatic heterocycles. The first-order chi connectivity index (χ1) is 12.6. The topological polar surface area (TPSA) is 61.4 Å². The van der Waals surface area contributed by atoms with E-state index in [2.05, 4.69) is 41.8 Å². The van der Waals surface area contributed by atoms with Crippen molar-refractivity contribution in [1.82, 2.24) is 10.6 Å². The highest BCUT2D eigenvalue weighted by atomic mass is 16.3. The Morgan fingerprint density at radius 2 is 1.88 bits per heavy atom. The van der Waals surface area contributed by atoms with Gasteiger partial charge in [0.15, 0.2) is 0 Å². The van der Waals surface area contributed by atoms with E-state index in [0.717, 1.165) is 24.9 Å². The highest BCUT2D eigenvalue weighted by molar-refractivity contribution is 5.76. The third-order valence-electron chi connectivity index (χ3n) is 4.69. The number of nitrogens with one attached hydrogen (secondary N) is 2. The van der Waals surface area contributed by atoms with Crippen LogP contribution in [0.5, 0.6) is 5.75 Å². The summed E-state index contributed by atoms with van der Waals surface area (Å²) in [6, 6.07) is 15.7. The zero-order chi connectivity index (χ0) is 18.8. The molecule has 0 fully saturated rings. The lowest BCUT2D eigenvalue weighted by Crippen LogP contribution is -2.25. The summed E-state index contributed by atoms with van der Waals surface area (Å²) in [5.74, 6) is 0.795. The molecule has 3 N–H and O–H groups in total. The van der Waals surface area contributed by atoms with E-state index in [1.807, 2.05) is 19.2 Å². The Bertz CT molecular complexity index is 683. The van der Waals surface area contributed by atoms with Crippen LogP contribution in [0.1, 0.15) is 48.8 Å². The molecule has 4 nitrogen and oxygen atoms in total. The van der Waals surface area contributed by atoms with Crippen LogP contribution in [0.3, 0.4) is 0 Å². The molecule has 1 amide bonds. The number of aromatic hydroxyl groups is 1. The van der Waals surface area contributed by atoms with Gasteiger partial charge in [-0.05, 0) is 61.1 Å². The molecule has 4 heteroatoms. The van der Waals surface area contributed by atoms with Crippen molar-refractivity contribution in [3.05, 3.63) is 65.2 Å². The molecule has 0 saturated carbocycles. The summed E-state index contributed by atoms with van der Waals surface area (Å²) in [5.41, 5.74) is 3.70. The Hall–Kier alpha value is -2.33. The number of rotatable bonds is 10. The van der Waals surface area contributed by atoms with E-state index >= 15 is 0 Å². The van der Waals surface area contributed by atoms with Crippen molar-refractivity contribution in [2.24, 2.45) is 0 Å². The maximum atomic E-state index is 12.1. The summed E-state index contributed by atoms with van der Waals surface area (Å²) in [7, 11) is 1.96. The van der Waals surface area contributed by atoms with Gasteiger partial charge in [-0.25, -0.2) is 0 Å². The van der Waals surface area contributed by atoms with Gasteiger partial charge in [0.2, 0.25) is 5.91 Å². The summed E-state index contributed by atoms with van der Waals surface area (Å²) in [4.78, 5) is 12.1. The molecule has 0 aliphatic carbocycles. The number of benzene rings is 2. The van der Waals surface area contributed by atoms with E-state index in [1.165, 1.54) is 11.1 Å². The molecule has 26 heavy (non-hydrogen) atoms. The zero-order valence-corrected chi connectivity index (χ0v) is 15.8. The maximum absolute atomic E-state index is 12.1. The van der Waals surface area contributed by atoms with Crippen molar-refractivity contribution >= 4 is 5.91 Å². The fourth-order valence-electron chi connectivity index (χ4n) is 3.16. The third-order valence-corrected chi connectivity index (χ3v) is 4.69. The summed E-state index contributed by atoms with van der Waals surface area (Å²) in [6.45, 7) is 3.77. The van der Waals surface area contributed by atoms with E-state index in [9.17, 15) is 9.90 Å². The van der Waals surface area contributed by atoms with Gasteiger partial charge in [-0.15, -0.1) is 0 Å². The smallest absolute Gasteiger partial charge is 0.220 e. The first kappa shape index (κ1) is 20.0. The second kappa shape index (κ2) is 10.6. The van der Waals surface area contributed by atoms with Crippen LogP contribution < -0.4 is 10.6 Å².